The Kier molecular flexibility index (Phi) is 5.28. The van der Waals surface area contributed by atoms with Crippen LogP contribution in [0.2, 0.25) is 0 Å². The highest BCUT2D eigenvalue weighted by Crippen LogP contribution is 2.40. The molecule has 29 heavy (non-hydrogen) atoms. The minimum atomic E-state index is 0.211. The van der Waals surface area contributed by atoms with Gasteiger partial charge in [-0.1, -0.05) is 36.4 Å². The highest BCUT2D eigenvalue weighted by Gasteiger charge is 2.24. The lowest BCUT2D eigenvalue weighted by molar-refractivity contribution is 0.188. The second-order valence-corrected chi connectivity index (χ2v) is 8.90. The van der Waals surface area contributed by atoms with Crippen LogP contribution in [-0.4, -0.2) is 59.3 Å². The lowest BCUT2D eigenvalue weighted by Gasteiger charge is -2.35. The Morgan fingerprint density at radius 2 is 1.76 bits per heavy atom. The largest absolute Gasteiger partial charge is 0.395 e. The second-order valence-electron chi connectivity index (χ2n) is 7.10. The van der Waals surface area contributed by atoms with Gasteiger partial charge in [0.05, 0.1) is 16.9 Å². The van der Waals surface area contributed by atoms with Crippen LogP contribution in [0.3, 0.4) is 0 Å². The average molecular weight is 423 g/mol. The first-order valence-corrected chi connectivity index (χ1v) is 11.6. The molecule has 0 unspecified atom stereocenters. The van der Waals surface area contributed by atoms with Crippen molar-refractivity contribution in [2.45, 2.75) is 0 Å². The van der Waals surface area contributed by atoms with E-state index in [2.05, 4.69) is 50.9 Å². The third-order valence-corrected chi connectivity index (χ3v) is 7.07. The predicted octanol–water partition coefficient (Wildman–Crippen LogP) is 4.20. The van der Waals surface area contributed by atoms with Gasteiger partial charge in [-0.05, 0) is 17.0 Å². The molecule has 0 atom stereocenters. The van der Waals surface area contributed by atoms with E-state index in [4.69, 9.17) is 9.97 Å². The zero-order valence-corrected chi connectivity index (χ0v) is 17.6. The number of aliphatic hydroxyl groups excluding tert-OH is 1. The number of thiophene rings is 2. The average Bonchev–Trinajstić information content (AvgIpc) is 3.45. The van der Waals surface area contributed by atoms with Gasteiger partial charge in [0.2, 0.25) is 0 Å². The number of rotatable bonds is 5. The number of hydrogen-bond donors (Lipinski definition) is 1. The molecule has 5 nitrogen and oxygen atoms in total. The minimum Gasteiger partial charge on any atom is -0.395 e. The Morgan fingerprint density at radius 3 is 2.48 bits per heavy atom. The fourth-order valence-electron chi connectivity index (χ4n) is 3.82. The van der Waals surface area contributed by atoms with Crippen LogP contribution in [0.4, 0.5) is 5.82 Å². The maximum atomic E-state index is 9.25. The summed E-state index contributed by atoms with van der Waals surface area (Å²) in [5.74, 6) is 1.84. The van der Waals surface area contributed by atoms with E-state index in [0.29, 0.717) is 0 Å². The highest BCUT2D eigenvalue weighted by atomic mass is 32.1. The lowest BCUT2D eigenvalue weighted by Crippen LogP contribution is -2.47. The molecule has 1 N–H and O–H groups in total. The Morgan fingerprint density at radius 1 is 0.931 bits per heavy atom. The van der Waals surface area contributed by atoms with Gasteiger partial charge in [-0.3, -0.25) is 4.90 Å². The second kappa shape index (κ2) is 8.20. The summed E-state index contributed by atoms with van der Waals surface area (Å²) in [6.07, 6.45) is 0. The van der Waals surface area contributed by atoms with Gasteiger partial charge >= 0.3 is 0 Å². The van der Waals surface area contributed by atoms with Crippen LogP contribution in [0.1, 0.15) is 0 Å². The van der Waals surface area contributed by atoms with Crippen molar-refractivity contribution >= 4 is 38.7 Å². The maximum Gasteiger partial charge on any atom is 0.173 e. The number of aliphatic hydroxyl groups is 1. The van der Waals surface area contributed by atoms with Crippen LogP contribution in [0, 0.1) is 0 Å². The lowest BCUT2D eigenvalue weighted by atomic mass is 10.1. The fourth-order valence-corrected chi connectivity index (χ4v) is 5.42. The summed E-state index contributed by atoms with van der Waals surface area (Å²) in [6.45, 7) is 4.63. The molecule has 1 aliphatic heterocycles. The molecule has 5 rings (SSSR count). The molecule has 0 bridgehead atoms. The van der Waals surface area contributed by atoms with Gasteiger partial charge < -0.3 is 10.0 Å². The summed E-state index contributed by atoms with van der Waals surface area (Å²) in [5, 5.41) is 14.7. The fraction of sp³-hybridized carbons (Fsp3) is 0.273. The summed E-state index contributed by atoms with van der Waals surface area (Å²) >= 11 is 3.37. The van der Waals surface area contributed by atoms with Gasteiger partial charge in [0.1, 0.15) is 10.6 Å². The van der Waals surface area contributed by atoms with E-state index in [1.165, 1.54) is 11.1 Å². The third kappa shape index (κ3) is 3.67. The van der Waals surface area contributed by atoms with Crippen molar-refractivity contribution in [2.75, 3.05) is 44.2 Å². The van der Waals surface area contributed by atoms with E-state index in [9.17, 15) is 5.11 Å². The summed E-state index contributed by atoms with van der Waals surface area (Å²) in [4.78, 5) is 16.8. The topological polar surface area (TPSA) is 52.5 Å². The Labute approximate surface area is 177 Å². The van der Waals surface area contributed by atoms with Crippen molar-refractivity contribution in [2.24, 2.45) is 0 Å². The molecule has 3 aromatic heterocycles. The SMILES string of the molecule is OCCN1CCN(c2nc(-c3cccs3)nc3scc(-c4ccccc4)c23)CC1. The number of piperazine rings is 1. The van der Waals surface area contributed by atoms with Crippen molar-refractivity contribution in [3.8, 4) is 21.8 Å². The predicted molar refractivity (Wildman–Crippen MR) is 122 cm³/mol. The van der Waals surface area contributed by atoms with Crippen LogP contribution < -0.4 is 4.90 Å². The van der Waals surface area contributed by atoms with Crippen molar-refractivity contribution in [3.05, 3.63) is 53.2 Å². The molecule has 0 radical (unpaired) electrons. The molecule has 7 heteroatoms. The van der Waals surface area contributed by atoms with E-state index in [1.54, 1.807) is 22.7 Å². The number of benzene rings is 1. The van der Waals surface area contributed by atoms with Crippen molar-refractivity contribution in [1.82, 2.24) is 14.9 Å². The normalized spacial score (nSPS) is 15.3. The van der Waals surface area contributed by atoms with Crippen molar-refractivity contribution in [1.29, 1.82) is 0 Å². The third-order valence-electron chi connectivity index (χ3n) is 5.33. The minimum absolute atomic E-state index is 0.211. The summed E-state index contributed by atoms with van der Waals surface area (Å²) < 4.78 is 0. The van der Waals surface area contributed by atoms with Crippen molar-refractivity contribution in [3.63, 3.8) is 0 Å². The number of β-amino-alcohol motifs (C(OH)–C–C–N with tert-alkyl or cyclic N) is 1. The molecule has 1 aromatic carbocycles. The molecular formula is C22H22N4OS2. The molecule has 1 aliphatic rings. The highest BCUT2D eigenvalue weighted by molar-refractivity contribution is 7.17. The van der Waals surface area contributed by atoms with Gasteiger partial charge in [-0.2, -0.15) is 0 Å². The van der Waals surface area contributed by atoms with Gasteiger partial charge in [0.15, 0.2) is 5.82 Å². The molecule has 1 fully saturated rings. The maximum absolute atomic E-state index is 9.25. The smallest absolute Gasteiger partial charge is 0.173 e. The molecule has 148 valence electrons. The number of nitrogens with zero attached hydrogens (tertiary/aromatic N) is 4. The molecule has 0 saturated carbocycles. The monoisotopic (exact) mass is 422 g/mol. The van der Waals surface area contributed by atoms with Crippen molar-refractivity contribution < 1.29 is 5.11 Å². The number of aromatic nitrogens is 2. The van der Waals surface area contributed by atoms with E-state index in [1.807, 2.05) is 12.1 Å². The van der Waals surface area contributed by atoms with Crippen LogP contribution in [-0.2, 0) is 0 Å². The molecule has 4 aromatic rings. The van der Waals surface area contributed by atoms with Crippen LogP contribution >= 0.6 is 22.7 Å². The van der Waals surface area contributed by atoms with Crippen LogP contribution in [0.5, 0.6) is 0 Å². The Bertz CT molecular complexity index is 1090. The summed E-state index contributed by atoms with van der Waals surface area (Å²) in [5.41, 5.74) is 2.41. The van der Waals surface area contributed by atoms with E-state index < -0.39 is 0 Å². The standard InChI is InChI=1S/C22H22N4OS2/c27-13-12-25-8-10-26(11-9-25)21-19-17(16-5-2-1-3-6-16)15-29-22(19)24-20(23-21)18-7-4-14-28-18/h1-7,14-15,27H,8-13H2. The number of anilines is 1. The molecular weight excluding hydrogens is 400 g/mol. The molecule has 0 spiro atoms. The first kappa shape index (κ1) is 18.7. The quantitative estimate of drug-likeness (QED) is 0.522. The van der Waals surface area contributed by atoms with E-state index in [-0.39, 0.29) is 6.61 Å². The Balaban J connectivity index is 1.62. The summed E-state index contributed by atoms with van der Waals surface area (Å²) in [6, 6.07) is 14.6. The Hall–Kier alpha value is -2.32. The van der Waals surface area contributed by atoms with E-state index in [0.717, 1.165) is 59.5 Å². The molecule has 1 saturated heterocycles. The molecule has 0 aliphatic carbocycles. The zero-order chi connectivity index (χ0) is 19.6. The van der Waals surface area contributed by atoms with Gasteiger partial charge in [-0.25, -0.2) is 9.97 Å². The summed E-state index contributed by atoms with van der Waals surface area (Å²) in [7, 11) is 0. The van der Waals surface area contributed by atoms with Crippen LogP contribution in [0.25, 0.3) is 32.0 Å². The van der Waals surface area contributed by atoms with Crippen LogP contribution in [0.15, 0.2) is 53.2 Å². The molecule has 4 heterocycles. The van der Waals surface area contributed by atoms with Gasteiger partial charge in [0, 0.05) is 43.7 Å². The van der Waals surface area contributed by atoms with Gasteiger partial charge in [-0.15, -0.1) is 22.7 Å². The first-order chi connectivity index (χ1) is 14.3. The number of fused-ring (bicyclic) bond motifs is 1. The number of hydrogen-bond acceptors (Lipinski definition) is 7. The van der Waals surface area contributed by atoms with Gasteiger partial charge in [0.25, 0.3) is 0 Å². The molecule has 0 amide bonds. The zero-order valence-electron chi connectivity index (χ0n) is 16.0. The van der Waals surface area contributed by atoms with E-state index >= 15 is 0 Å². The first-order valence-electron chi connectivity index (χ1n) is 9.80.